The summed E-state index contributed by atoms with van der Waals surface area (Å²) in [7, 11) is 0. The van der Waals surface area contributed by atoms with E-state index < -0.39 is 0 Å². The van der Waals surface area contributed by atoms with Crippen molar-refractivity contribution < 1.29 is 4.39 Å². The zero-order valence-corrected chi connectivity index (χ0v) is 21.7. The maximum atomic E-state index is 13.4. The minimum atomic E-state index is -0.133. The molecule has 0 heterocycles. The molecule has 0 radical (unpaired) electrons. The van der Waals surface area contributed by atoms with Crippen LogP contribution in [-0.4, -0.2) is 13.1 Å². The highest BCUT2D eigenvalue weighted by Crippen LogP contribution is 2.18. The summed E-state index contributed by atoms with van der Waals surface area (Å²) in [5.74, 6) is -0.133. The van der Waals surface area contributed by atoms with Gasteiger partial charge in [-0.25, -0.2) is 4.39 Å². The van der Waals surface area contributed by atoms with Crippen LogP contribution in [0.4, 0.5) is 10.1 Å². The molecule has 0 saturated heterocycles. The number of halogens is 1. The predicted molar refractivity (Wildman–Crippen MR) is 142 cm³/mol. The molecule has 0 spiro atoms. The standard InChI is InChI=1S/C30H54FN/c1-3-5-7-9-11-13-15-17-19-21-27-32(30-25-23-29(31)24-26-30)28-22-20-18-16-14-12-10-8-6-4-2/h23-26H,3-22,27-28H2,1-2H3. The SMILES string of the molecule is CCCCCCCCCCCCN(CCCCCCCCCCCC)c1ccc(F)cc1. The summed E-state index contributed by atoms with van der Waals surface area (Å²) >= 11 is 0. The predicted octanol–water partition coefficient (Wildman–Crippen LogP) is 10.5. The fraction of sp³-hybridized carbons (Fsp3) is 0.800. The molecule has 1 aromatic rings. The second-order valence-corrected chi connectivity index (χ2v) is 9.83. The molecule has 0 aliphatic rings. The summed E-state index contributed by atoms with van der Waals surface area (Å²) in [4.78, 5) is 2.49. The number of anilines is 1. The maximum Gasteiger partial charge on any atom is 0.123 e. The molecule has 0 aliphatic heterocycles. The van der Waals surface area contributed by atoms with Crippen molar-refractivity contribution in [2.45, 2.75) is 142 Å². The van der Waals surface area contributed by atoms with Crippen molar-refractivity contribution in [2.24, 2.45) is 0 Å². The van der Waals surface area contributed by atoms with Gasteiger partial charge >= 0.3 is 0 Å². The average Bonchev–Trinajstić information content (AvgIpc) is 2.80. The molecular formula is C30H54FN. The Morgan fingerprint density at radius 2 is 0.781 bits per heavy atom. The summed E-state index contributed by atoms with van der Waals surface area (Å²) in [5, 5.41) is 0. The van der Waals surface area contributed by atoms with Gasteiger partial charge in [0.15, 0.2) is 0 Å². The topological polar surface area (TPSA) is 3.24 Å². The molecule has 0 aliphatic carbocycles. The van der Waals surface area contributed by atoms with Gasteiger partial charge in [0.05, 0.1) is 0 Å². The van der Waals surface area contributed by atoms with E-state index in [-0.39, 0.29) is 5.82 Å². The first-order valence-corrected chi connectivity index (χ1v) is 14.3. The van der Waals surface area contributed by atoms with Crippen LogP contribution in [0, 0.1) is 5.82 Å². The largest absolute Gasteiger partial charge is 0.372 e. The Labute approximate surface area is 200 Å². The van der Waals surface area contributed by atoms with Crippen LogP contribution in [0.25, 0.3) is 0 Å². The molecule has 1 nitrogen and oxygen atoms in total. The molecule has 32 heavy (non-hydrogen) atoms. The van der Waals surface area contributed by atoms with Gasteiger partial charge in [0.1, 0.15) is 5.82 Å². The van der Waals surface area contributed by atoms with Crippen LogP contribution in [0.1, 0.15) is 142 Å². The highest BCUT2D eigenvalue weighted by Gasteiger charge is 2.07. The minimum Gasteiger partial charge on any atom is -0.372 e. The van der Waals surface area contributed by atoms with Crippen molar-refractivity contribution in [3.63, 3.8) is 0 Å². The Bertz CT molecular complexity index is 474. The monoisotopic (exact) mass is 447 g/mol. The van der Waals surface area contributed by atoms with Crippen LogP contribution >= 0.6 is 0 Å². The fourth-order valence-corrected chi connectivity index (χ4v) is 4.60. The highest BCUT2D eigenvalue weighted by molar-refractivity contribution is 5.46. The van der Waals surface area contributed by atoms with E-state index in [1.807, 2.05) is 12.1 Å². The summed E-state index contributed by atoms with van der Waals surface area (Å²) in [6.07, 6.45) is 27.5. The van der Waals surface area contributed by atoms with E-state index in [1.54, 1.807) is 12.1 Å². The number of rotatable bonds is 23. The van der Waals surface area contributed by atoms with E-state index in [4.69, 9.17) is 0 Å². The first-order chi connectivity index (χ1) is 15.8. The van der Waals surface area contributed by atoms with Crippen LogP contribution in [0.2, 0.25) is 0 Å². The lowest BCUT2D eigenvalue weighted by molar-refractivity contribution is 0.543. The average molecular weight is 448 g/mol. The Balaban J connectivity index is 2.16. The third kappa shape index (κ3) is 16.6. The van der Waals surface area contributed by atoms with Crippen molar-refractivity contribution in [2.75, 3.05) is 18.0 Å². The molecule has 1 aromatic carbocycles. The minimum absolute atomic E-state index is 0.133. The normalized spacial score (nSPS) is 11.2. The van der Waals surface area contributed by atoms with Crippen LogP contribution in [0.15, 0.2) is 24.3 Å². The van der Waals surface area contributed by atoms with Gasteiger partial charge in [0.25, 0.3) is 0 Å². The smallest absolute Gasteiger partial charge is 0.123 e. The molecule has 0 aromatic heterocycles. The van der Waals surface area contributed by atoms with Gasteiger partial charge in [-0.15, -0.1) is 0 Å². The molecule has 0 fully saturated rings. The molecule has 0 amide bonds. The van der Waals surface area contributed by atoms with Crippen molar-refractivity contribution in [3.05, 3.63) is 30.1 Å². The van der Waals surface area contributed by atoms with Gasteiger partial charge in [-0.3, -0.25) is 0 Å². The van der Waals surface area contributed by atoms with Crippen LogP contribution < -0.4 is 4.90 Å². The number of benzene rings is 1. The second kappa shape index (κ2) is 21.8. The van der Waals surface area contributed by atoms with Crippen molar-refractivity contribution in [1.82, 2.24) is 0 Å². The third-order valence-corrected chi connectivity index (χ3v) is 6.75. The molecular weight excluding hydrogens is 393 g/mol. The first kappa shape index (κ1) is 29.0. The van der Waals surface area contributed by atoms with E-state index in [0.29, 0.717) is 0 Å². The lowest BCUT2D eigenvalue weighted by Crippen LogP contribution is -2.25. The lowest BCUT2D eigenvalue weighted by Gasteiger charge is -2.25. The Hall–Kier alpha value is -1.05. The number of hydrogen-bond donors (Lipinski definition) is 0. The van der Waals surface area contributed by atoms with E-state index in [0.717, 1.165) is 13.1 Å². The number of unbranched alkanes of at least 4 members (excludes halogenated alkanes) is 18. The molecule has 0 saturated carbocycles. The zero-order chi connectivity index (χ0) is 23.1. The van der Waals surface area contributed by atoms with Crippen molar-refractivity contribution in [1.29, 1.82) is 0 Å². The quantitative estimate of drug-likeness (QED) is 0.151. The van der Waals surface area contributed by atoms with Gasteiger partial charge in [0, 0.05) is 18.8 Å². The summed E-state index contributed by atoms with van der Waals surface area (Å²) in [6.45, 7) is 6.79. The van der Waals surface area contributed by atoms with E-state index in [2.05, 4.69) is 18.7 Å². The van der Waals surface area contributed by atoms with E-state index >= 15 is 0 Å². The van der Waals surface area contributed by atoms with Gasteiger partial charge in [-0.05, 0) is 37.1 Å². The molecule has 0 bridgehead atoms. The Kier molecular flexibility index (Phi) is 19.7. The lowest BCUT2D eigenvalue weighted by atomic mass is 10.1. The van der Waals surface area contributed by atoms with Crippen molar-refractivity contribution >= 4 is 5.69 Å². The van der Waals surface area contributed by atoms with Gasteiger partial charge in [-0.1, -0.05) is 129 Å². The third-order valence-electron chi connectivity index (χ3n) is 6.75. The van der Waals surface area contributed by atoms with Gasteiger partial charge in [0.2, 0.25) is 0 Å². The number of hydrogen-bond acceptors (Lipinski definition) is 1. The molecule has 186 valence electrons. The van der Waals surface area contributed by atoms with Crippen LogP contribution in [0.3, 0.4) is 0 Å². The first-order valence-electron chi connectivity index (χ1n) is 14.3. The fourth-order valence-electron chi connectivity index (χ4n) is 4.60. The molecule has 2 heteroatoms. The Morgan fingerprint density at radius 3 is 1.12 bits per heavy atom. The second-order valence-electron chi connectivity index (χ2n) is 9.83. The Morgan fingerprint density at radius 1 is 0.469 bits per heavy atom. The zero-order valence-electron chi connectivity index (χ0n) is 21.7. The van der Waals surface area contributed by atoms with Crippen molar-refractivity contribution in [3.8, 4) is 0 Å². The molecule has 1 rings (SSSR count). The van der Waals surface area contributed by atoms with Gasteiger partial charge in [-0.2, -0.15) is 0 Å². The van der Waals surface area contributed by atoms with E-state index in [9.17, 15) is 4.39 Å². The molecule has 0 atom stereocenters. The van der Waals surface area contributed by atoms with Crippen LogP contribution in [0.5, 0.6) is 0 Å². The van der Waals surface area contributed by atoms with Gasteiger partial charge < -0.3 is 4.90 Å². The van der Waals surface area contributed by atoms with Crippen LogP contribution in [-0.2, 0) is 0 Å². The summed E-state index contributed by atoms with van der Waals surface area (Å²) in [5.41, 5.74) is 1.19. The summed E-state index contributed by atoms with van der Waals surface area (Å²) in [6, 6.07) is 7.14. The maximum absolute atomic E-state index is 13.4. The number of nitrogens with zero attached hydrogens (tertiary/aromatic N) is 1. The highest BCUT2D eigenvalue weighted by atomic mass is 19.1. The molecule has 0 unspecified atom stereocenters. The molecule has 0 N–H and O–H groups in total. The van der Waals surface area contributed by atoms with E-state index in [1.165, 1.54) is 134 Å². The summed E-state index contributed by atoms with van der Waals surface area (Å²) < 4.78 is 13.4.